The molecule has 2 aliphatic heterocycles. The smallest absolute Gasteiger partial charge is 0.223 e. The van der Waals surface area contributed by atoms with Crippen molar-refractivity contribution in [3.8, 4) is 5.75 Å². The molecule has 0 saturated carbocycles. The van der Waals surface area contributed by atoms with Gasteiger partial charge >= 0.3 is 0 Å². The quantitative estimate of drug-likeness (QED) is 0.537. The molecule has 2 heterocycles. The SMILES string of the molecule is C=C(NO)C1CCCCCOc2ccc(cc2)CC(C(=O)NC)CCCC(=O)[C@@H]1CC(C)C. The maximum Gasteiger partial charge on any atom is 0.223 e. The number of hydrogen-bond acceptors (Lipinski definition) is 5. The van der Waals surface area contributed by atoms with Crippen LogP contribution in [0.2, 0.25) is 0 Å². The summed E-state index contributed by atoms with van der Waals surface area (Å²) in [7, 11) is 1.66. The van der Waals surface area contributed by atoms with Gasteiger partial charge in [-0.3, -0.25) is 20.3 Å². The number of hydroxylamine groups is 1. The van der Waals surface area contributed by atoms with Crippen LogP contribution in [0.1, 0.15) is 70.8 Å². The molecule has 2 unspecified atom stereocenters. The molecule has 3 atom stereocenters. The molecule has 33 heavy (non-hydrogen) atoms. The maximum atomic E-state index is 13.3. The van der Waals surface area contributed by atoms with Crippen molar-refractivity contribution in [1.82, 2.24) is 10.8 Å². The van der Waals surface area contributed by atoms with Gasteiger partial charge in [0, 0.05) is 36.9 Å². The van der Waals surface area contributed by atoms with Gasteiger partial charge in [0.25, 0.3) is 0 Å². The highest BCUT2D eigenvalue weighted by atomic mass is 16.5. The first-order valence-corrected chi connectivity index (χ1v) is 12.4. The Morgan fingerprint density at radius 2 is 1.88 bits per heavy atom. The van der Waals surface area contributed by atoms with Crippen LogP contribution in [0, 0.1) is 23.7 Å². The van der Waals surface area contributed by atoms with Crippen LogP contribution < -0.4 is 15.5 Å². The highest BCUT2D eigenvalue weighted by Gasteiger charge is 2.30. The summed E-state index contributed by atoms with van der Waals surface area (Å²) < 4.78 is 5.88. The van der Waals surface area contributed by atoms with Crippen molar-refractivity contribution in [2.75, 3.05) is 13.7 Å². The van der Waals surface area contributed by atoms with Gasteiger partial charge in [0.15, 0.2) is 0 Å². The van der Waals surface area contributed by atoms with E-state index in [9.17, 15) is 14.8 Å². The van der Waals surface area contributed by atoms with Gasteiger partial charge in [-0.05, 0) is 62.1 Å². The van der Waals surface area contributed by atoms with E-state index in [2.05, 4.69) is 31.2 Å². The van der Waals surface area contributed by atoms with E-state index in [1.807, 2.05) is 24.3 Å². The van der Waals surface area contributed by atoms with Crippen LogP contribution in [-0.4, -0.2) is 30.6 Å². The molecule has 3 rings (SSSR count). The first-order valence-electron chi connectivity index (χ1n) is 12.4. The molecule has 0 spiro atoms. The summed E-state index contributed by atoms with van der Waals surface area (Å²) in [5.74, 6) is 0.946. The summed E-state index contributed by atoms with van der Waals surface area (Å²) in [5.41, 5.74) is 3.83. The van der Waals surface area contributed by atoms with Crippen LogP contribution in [0.15, 0.2) is 36.5 Å². The molecule has 0 saturated heterocycles. The Morgan fingerprint density at radius 1 is 1.15 bits per heavy atom. The molecule has 0 aromatic heterocycles. The summed E-state index contributed by atoms with van der Waals surface area (Å²) >= 11 is 0. The molecule has 1 aromatic rings. The van der Waals surface area contributed by atoms with Gasteiger partial charge in [-0.1, -0.05) is 45.4 Å². The summed E-state index contributed by atoms with van der Waals surface area (Å²) in [4.78, 5) is 25.8. The topological polar surface area (TPSA) is 87.7 Å². The summed E-state index contributed by atoms with van der Waals surface area (Å²) in [6.07, 6.45) is 6.81. The van der Waals surface area contributed by atoms with Crippen LogP contribution in [-0.2, 0) is 16.0 Å². The third-order valence-corrected chi connectivity index (χ3v) is 6.64. The number of Topliss-reactive ketones (excluding diaryl/α,β-unsaturated/α-hetero) is 1. The molecule has 6 heteroatoms. The summed E-state index contributed by atoms with van der Waals surface area (Å²) in [6.45, 7) is 8.88. The highest BCUT2D eigenvalue weighted by molar-refractivity contribution is 5.82. The fraction of sp³-hybridized carbons (Fsp3) is 0.630. The minimum atomic E-state index is -0.183. The van der Waals surface area contributed by atoms with E-state index < -0.39 is 0 Å². The Hall–Kier alpha value is -2.34. The largest absolute Gasteiger partial charge is 0.494 e. The van der Waals surface area contributed by atoms with Crippen molar-refractivity contribution in [2.45, 2.75) is 71.6 Å². The van der Waals surface area contributed by atoms with E-state index in [0.717, 1.165) is 43.4 Å². The fourth-order valence-electron chi connectivity index (χ4n) is 4.81. The van der Waals surface area contributed by atoms with Gasteiger partial charge in [-0.15, -0.1) is 0 Å². The Balaban J connectivity index is 2.23. The molecule has 2 bridgehead atoms. The zero-order chi connectivity index (χ0) is 24.2. The number of allylic oxidation sites excluding steroid dienone is 1. The van der Waals surface area contributed by atoms with Gasteiger partial charge in [0.1, 0.15) is 11.5 Å². The Morgan fingerprint density at radius 3 is 2.52 bits per heavy atom. The average molecular weight is 459 g/mol. The number of hydrogen-bond donors (Lipinski definition) is 3. The minimum absolute atomic E-state index is 0.00615. The van der Waals surface area contributed by atoms with E-state index in [4.69, 9.17) is 4.74 Å². The number of nitrogens with one attached hydrogen (secondary N) is 2. The summed E-state index contributed by atoms with van der Waals surface area (Å²) in [6, 6.07) is 7.98. The number of benzene rings is 1. The number of carbonyl (C=O) groups is 2. The second-order valence-electron chi connectivity index (χ2n) is 9.70. The standard InChI is InChI=1S/C27H42N2O4/c1-19(2)17-25-24(20(3)29-32)10-6-5-7-16-33-23-14-12-21(13-15-23)18-22(27(31)28-4)9-8-11-26(25)30/h12-15,19,22,24-25,29,32H,3,5-11,16-18H2,1-2,4H3,(H,28,31)/t22?,24?,25-/m1/s1. The molecule has 0 radical (unpaired) electrons. The van der Waals surface area contributed by atoms with Gasteiger partial charge in [0.2, 0.25) is 5.91 Å². The molecule has 2 aliphatic rings. The number of ether oxygens (including phenoxy) is 1. The molecule has 184 valence electrons. The molecule has 0 fully saturated rings. The number of amides is 1. The van der Waals surface area contributed by atoms with Crippen LogP contribution in [0.3, 0.4) is 0 Å². The van der Waals surface area contributed by atoms with E-state index in [1.165, 1.54) is 0 Å². The zero-order valence-electron chi connectivity index (χ0n) is 20.6. The average Bonchev–Trinajstić information content (AvgIpc) is 2.81. The van der Waals surface area contributed by atoms with Crippen molar-refractivity contribution in [1.29, 1.82) is 0 Å². The first-order chi connectivity index (χ1) is 15.8. The molecule has 3 N–H and O–H groups in total. The monoisotopic (exact) mass is 458 g/mol. The van der Waals surface area contributed by atoms with E-state index in [0.29, 0.717) is 43.9 Å². The summed E-state index contributed by atoms with van der Waals surface area (Å²) in [5, 5.41) is 12.3. The number of rotatable bonds is 5. The van der Waals surface area contributed by atoms with E-state index >= 15 is 0 Å². The van der Waals surface area contributed by atoms with E-state index in [-0.39, 0.29) is 29.4 Å². The fourth-order valence-corrected chi connectivity index (χ4v) is 4.81. The van der Waals surface area contributed by atoms with Crippen LogP contribution in [0.4, 0.5) is 0 Å². The lowest BCUT2D eigenvalue weighted by Crippen LogP contribution is -2.31. The molecule has 1 amide bonds. The van der Waals surface area contributed by atoms with Crippen LogP contribution in [0.25, 0.3) is 0 Å². The lowest BCUT2D eigenvalue weighted by molar-refractivity contribution is -0.127. The van der Waals surface area contributed by atoms with Crippen molar-refractivity contribution >= 4 is 11.7 Å². The molecular weight excluding hydrogens is 416 g/mol. The highest BCUT2D eigenvalue weighted by Crippen LogP contribution is 2.32. The van der Waals surface area contributed by atoms with E-state index in [1.54, 1.807) is 7.05 Å². The van der Waals surface area contributed by atoms with Crippen molar-refractivity contribution in [2.24, 2.45) is 23.7 Å². The number of fused-ring (bicyclic) bond motifs is 15. The molecule has 0 aliphatic carbocycles. The van der Waals surface area contributed by atoms with Gasteiger partial charge in [0.05, 0.1) is 6.61 Å². The normalized spacial score (nSPS) is 23.3. The van der Waals surface area contributed by atoms with Crippen LogP contribution in [0.5, 0.6) is 5.75 Å². The van der Waals surface area contributed by atoms with Crippen molar-refractivity contribution < 1.29 is 19.5 Å². The zero-order valence-corrected chi connectivity index (χ0v) is 20.6. The first kappa shape index (κ1) is 26.9. The Kier molecular flexibility index (Phi) is 11.4. The molecular formula is C27H42N2O4. The number of ketones is 1. The second kappa shape index (κ2) is 14.0. The molecule has 1 aromatic carbocycles. The van der Waals surface area contributed by atoms with Crippen LogP contribution >= 0.6 is 0 Å². The lowest BCUT2D eigenvalue weighted by atomic mass is 9.77. The minimum Gasteiger partial charge on any atom is -0.494 e. The van der Waals surface area contributed by atoms with Crippen molar-refractivity contribution in [3.05, 3.63) is 42.1 Å². The predicted molar refractivity (Wildman–Crippen MR) is 131 cm³/mol. The number of carbonyl (C=O) groups excluding carboxylic acids is 2. The Labute approximate surface area is 199 Å². The van der Waals surface area contributed by atoms with Gasteiger partial charge in [-0.2, -0.15) is 0 Å². The Bertz CT molecular complexity index is 760. The molecule has 6 nitrogen and oxygen atoms in total. The predicted octanol–water partition coefficient (Wildman–Crippen LogP) is 5.05. The van der Waals surface area contributed by atoms with Crippen molar-refractivity contribution in [3.63, 3.8) is 0 Å². The third-order valence-electron chi connectivity index (χ3n) is 6.64. The lowest BCUT2D eigenvalue weighted by Gasteiger charge is -2.29. The van der Waals surface area contributed by atoms with Gasteiger partial charge in [-0.25, -0.2) is 0 Å². The second-order valence-corrected chi connectivity index (χ2v) is 9.70. The third kappa shape index (κ3) is 8.84. The van der Waals surface area contributed by atoms with Gasteiger partial charge < -0.3 is 10.1 Å². The maximum absolute atomic E-state index is 13.3.